The molecule has 0 aromatic heterocycles. The predicted molar refractivity (Wildman–Crippen MR) is 241 cm³/mol. The number of anilines is 4. The number of imide groups is 2. The Morgan fingerprint density at radius 2 is 0.984 bits per heavy atom. The zero-order chi connectivity index (χ0) is 43.4. The van der Waals surface area contributed by atoms with E-state index in [1.165, 1.54) is 9.80 Å². The quantitative estimate of drug-likeness (QED) is 0.0879. The van der Waals surface area contributed by atoms with Crippen LogP contribution in [0.3, 0.4) is 0 Å². The van der Waals surface area contributed by atoms with Crippen molar-refractivity contribution in [1.29, 1.82) is 0 Å². The summed E-state index contributed by atoms with van der Waals surface area (Å²) in [4.78, 5) is 64.4. The fourth-order valence-electron chi connectivity index (χ4n) is 9.42. The summed E-state index contributed by atoms with van der Waals surface area (Å²) < 4.78 is 0.689. The van der Waals surface area contributed by atoms with Gasteiger partial charge in [-0.25, -0.2) is 0 Å². The third-order valence-electron chi connectivity index (χ3n) is 12.5. The van der Waals surface area contributed by atoms with E-state index >= 15 is 0 Å². The van der Waals surface area contributed by atoms with Crippen LogP contribution in [0, 0.1) is 29.6 Å². The van der Waals surface area contributed by atoms with Gasteiger partial charge in [0.25, 0.3) is 0 Å². The number of azo groups is 2. The van der Waals surface area contributed by atoms with E-state index in [4.69, 9.17) is 0 Å². The van der Waals surface area contributed by atoms with Crippen LogP contribution in [0.25, 0.3) is 0 Å². The third kappa shape index (κ3) is 7.27. The molecular formula is C48H43BrN8O5. The maximum atomic E-state index is 14.6. The molecule has 6 atom stereocenters. The van der Waals surface area contributed by atoms with Gasteiger partial charge in [0.2, 0.25) is 23.6 Å². The number of carbonyl (C=O) groups excluding carboxylic acids is 4. The summed E-state index contributed by atoms with van der Waals surface area (Å²) in [6.07, 6.45) is 2.44. The lowest BCUT2D eigenvalue weighted by Gasteiger charge is -2.44. The second-order valence-electron chi connectivity index (χ2n) is 16.5. The molecule has 13 nitrogen and oxygen atoms in total. The van der Waals surface area contributed by atoms with E-state index in [0.717, 1.165) is 16.9 Å². The van der Waals surface area contributed by atoms with E-state index in [1.807, 2.05) is 92.6 Å². The Morgan fingerprint density at radius 3 is 1.45 bits per heavy atom. The first-order valence-electron chi connectivity index (χ1n) is 20.4. The van der Waals surface area contributed by atoms with Crippen molar-refractivity contribution in [2.24, 2.45) is 50.0 Å². The van der Waals surface area contributed by atoms with Crippen LogP contribution in [0.4, 0.5) is 45.5 Å². The van der Waals surface area contributed by atoms with Crippen molar-refractivity contribution in [3.63, 3.8) is 0 Å². The minimum Gasteiger partial charge on any atom is -0.508 e. The van der Waals surface area contributed by atoms with Gasteiger partial charge in [-0.2, -0.15) is 20.5 Å². The van der Waals surface area contributed by atoms with Gasteiger partial charge in [0.05, 0.1) is 57.8 Å². The normalized spacial score (nSPS) is 23.2. The van der Waals surface area contributed by atoms with Crippen molar-refractivity contribution in [1.82, 2.24) is 0 Å². The first kappa shape index (κ1) is 40.6. The predicted octanol–water partition coefficient (Wildman–Crippen LogP) is 10.2. The number of hydrogen-bond acceptors (Lipinski definition) is 11. The summed E-state index contributed by atoms with van der Waals surface area (Å²) in [6, 6.07) is 33.9. The fourth-order valence-corrected chi connectivity index (χ4v) is 9.80. The molecule has 4 amide bonds. The summed E-state index contributed by atoms with van der Waals surface area (Å²) >= 11 is 3.54. The van der Waals surface area contributed by atoms with Gasteiger partial charge in [0.15, 0.2) is 0 Å². The van der Waals surface area contributed by atoms with E-state index in [0.29, 0.717) is 44.2 Å². The molecule has 5 aromatic rings. The molecular weight excluding hydrogens is 848 g/mol. The van der Waals surface area contributed by atoms with Gasteiger partial charge in [-0.1, -0.05) is 27.6 Å². The molecule has 9 rings (SSSR count). The molecule has 62 heavy (non-hydrogen) atoms. The van der Waals surface area contributed by atoms with E-state index in [9.17, 15) is 24.3 Å². The van der Waals surface area contributed by atoms with Crippen molar-refractivity contribution in [2.45, 2.75) is 18.8 Å². The molecule has 14 heteroatoms. The van der Waals surface area contributed by atoms with Gasteiger partial charge in [0, 0.05) is 55.5 Å². The molecule has 4 aliphatic rings. The van der Waals surface area contributed by atoms with Gasteiger partial charge in [0.1, 0.15) is 5.75 Å². The van der Waals surface area contributed by atoms with E-state index in [1.54, 1.807) is 66.7 Å². The van der Waals surface area contributed by atoms with Crippen LogP contribution in [0.2, 0.25) is 0 Å². The Morgan fingerprint density at radius 1 is 0.548 bits per heavy atom. The van der Waals surface area contributed by atoms with Crippen LogP contribution >= 0.6 is 15.9 Å². The van der Waals surface area contributed by atoms with Crippen LogP contribution in [0.5, 0.6) is 5.75 Å². The van der Waals surface area contributed by atoms with Crippen LogP contribution < -0.4 is 19.6 Å². The van der Waals surface area contributed by atoms with E-state index < -0.39 is 35.5 Å². The largest absolute Gasteiger partial charge is 0.508 e. The molecule has 5 aromatic carbocycles. The minimum atomic E-state index is -0.845. The molecule has 312 valence electrons. The lowest BCUT2D eigenvalue weighted by atomic mass is 9.57. The first-order chi connectivity index (χ1) is 29.9. The fraction of sp³-hybridized carbons (Fsp3) is 0.250. The number of phenolic OH excluding ortho intramolecular Hbond substituents is 1. The Balaban J connectivity index is 0.988. The minimum absolute atomic E-state index is 0.0244. The summed E-state index contributed by atoms with van der Waals surface area (Å²) in [5.41, 5.74) is 6.62. The second-order valence-corrected chi connectivity index (χ2v) is 17.4. The number of amides is 4. The average molecular weight is 892 g/mol. The number of phenols is 1. The second kappa shape index (κ2) is 16.2. The number of nitrogens with zero attached hydrogens (tertiary/aromatic N) is 8. The molecule has 0 unspecified atom stereocenters. The highest BCUT2D eigenvalue weighted by Crippen LogP contribution is 2.59. The molecule has 2 heterocycles. The number of halogens is 1. The van der Waals surface area contributed by atoms with E-state index in [2.05, 4.69) is 36.4 Å². The van der Waals surface area contributed by atoms with E-state index in [-0.39, 0.29) is 42.2 Å². The van der Waals surface area contributed by atoms with Gasteiger partial charge >= 0.3 is 0 Å². The molecule has 1 N–H and O–H groups in total. The Labute approximate surface area is 367 Å². The molecule has 3 fully saturated rings. The number of carbonyl (C=O) groups is 4. The number of fused-ring (bicyclic) bond motifs is 4. The summed E-state index contributed by atoms with van der Waals surface area (Å²) in [5.74, 6) is -5.77. The van der Waals surface area contributed by atoms with Crippen LogP contribution in [0.1, 0.15) is 24.3 Å². The summed E-state index contributed by atoms with van der Waals surface area (Å²) in [6.45, 7) is 0. The molecule has 1 saturated carbocycles. The smallest absolute Gasteiger partial charge is 0.238 e. The Kier molecular flexibility index (Phi) is 10.6. The van der Waals surface area contributed by atoms with Crippen LogP contribution in [0.15, 0.2) is 152 Å². The van der Waals surface area contributed by atoms with Crippen LogP contribution in [-0.4, -0.2) is 56.9 Å². The maximum Gasteiger partial charge on any atom is 0.238 e. The lowest BCUT2D eigenvalue weighted by Crippen LogP contribution is -2.43. The van der Waals surface area contributed by atoms with Crippen molar-refractivity contribution >= 4 is 85.1 Å². The third-order valence-corrected chi connectivity index (χ3v) is 13.0. The Hall–Kier alpha value is -6.80. The highest BCUT2D eigenvalue weighted by atomic mass is 79.9. The SMILES string of the molecule is CN(C)c1ccc(N=Nc2ccc(N3C(=O)[C@H]4[C@H](CC=C5[C@H]4C[C@H]4C(=O)N(c6ccc(N=Nc7ccc(N(C)C)cc7)cc6)C(=O)[C@H]4[C@H]5c4cc(Br)ccc4O)C3=O)cc2)cc1. The summed E-state index contributed by atoms with van der Waals surface area (Å²) in [5, 5.41) is 28.7. The first-order valence-corrected chi connectivity index (χ1v) is 21.2. The number of rotatable bonds is 9. The zero-order valence-corrected chi connectivity index (χ0v) is 36.0. The molecule has 0 spiro atoms. The topological polar surface area (TPSA) is 151 Å². The van der Waals surface area contributed by atoms with Crippen molar-refractivity contribution in [3.05, 3.63) is 137 Å². The zero-order valence-electron chi connectivity index (χ0n) is 34.5. The van der Waals surface area contributed by atoms with Gasteiger partial charge < -0.3 is 14.9 Å². The monoisotopic (exact) mass is 890 g/mol. The average Bonchev–Trinajstić information content (AvgIpc) is 3.68. The van der Waals surface area contributed by atoms with Crippen molar-refractivity contribution in [3.8, 4) is 5.75 Å². The van der Waals surface area contributed by atoms with Gasteiger partial charge in [-0.3, -0.25) is 29.0 Å². The molecule has 0 radical (unpaired) electrons. The maximum absolute atomic E-state index is 14.6. The number of benzene rings is 5. The standard InChI is InChI=1S/C48H43BrN8O5/c1-54(2)32-14-6-28(7-15-32)50-52-30-10-18-34(19-11-30)56-45(59)37-23-22-36-38(43(37)47(56)61)26-40-44(42(36)39-25-27(49)5-24-41(39)58)48(62)57(46(40)60)35-20-12-31(13-21-35)53-51-29-8-16-33(17-9-29)55(3)4/h5-22,24-25,37-38,40,42-44,58H,23,26H2,1-4H3/t37-,38+,40+,42+,43-,44+/m0/s1. The highest BCUT2D eigenvalue weighted by Gasteiger charge is 2.62. The van der Waals surface area contributed by atoms with Gasteiger partial charge in [-0.15, -0.1) is 0 Å². The van der Waals surface area contributed by atoms with Gasteiger partial charge in [-0.05, 0) is 134 Å². The molecule has 2 aliphatic carbocycles. The Bertz CT molecular complexity index is 2680. The van der Waals surface area contributed by atoms with Crippen molar-refractivity contribution < 1.29 is 24.3 Å². The molecule has 2 saturated heterocycles. The number of allylic oxidation sites excluding steroid dienone is 2. The number of aromatic hydroxyl groups is 1. The number of hydrogen-bond donors (Lipinski definition) is 1. The molecule has 0 bridgehead atoms. The highest BCUT2D eigenvalue weighted by molar-refractivity contribution is 9.10. The summed E-state index contributed by atoms with van der Waals surface area (Å²) in [7, 11) is 7.85. The van der Waals surface area contributed by atoms with Crippen LogP contribution in [-0.2, 0) is 19.2 Å². The lowest BCUT2D eigenvalue weighted by molar-refractivity contribution is -0.126. The molecule has 2 aliphatic heterocycles. The van der Waals surface area contributed by atoms with Crippen molar-refractivity contribution in [2.75, 3.05) is 47.8 Å².